The third kappa shape index (κ3) is 7.06. The third-order valence-electron chi connectivity index (χ3n) is 6.33. The van der Waals surface area contributed by atoms with Crippen LogP contribution in [0.15, 0.2) is 76.7 Å². The molecule has 0 amide bonds. The lowest BCUT2D eigenvalue weighted by molar-refractivity contribution is -0.668. The quantitative estimate of drug-likeness (QED) is 0.170. The van der Waals surface area contributed by atoms with E-state index in [1.807, 2.05) is 64.1 Å². The van der Waals surface area contributed by atoms with Gasteiger partial charge in [-0.2, -0.15) is 4.57 Å². The maximum absolute atomic E-state index is 11.3. The topological polar surface area (TPSA) is 122 Å². The molecule has 4 aromatic rings. The van der Waals surface area contributed by atoms with E-state index in [-0.39, 0.29) is 12.8 Å². The summed E-state index contributed by atoms with van der Waals surface area (Å²) in [5.41, 5.74) is 3.79. The molecule has 0 N–H and O–H groups in total. The Morgan fingerprint density at radius 3 is 2.33 bits per heavy atom. The number of fused-ring (bicyclic) bond motifs is 2. The Morgan fingerprint density at radius 1 is 0.875 bits per heavy atom. The maximum Gasteiger partial charge on any atom is 0.265 e. The van der Waals surface area contributed by atoms with Gasteiger partial charge in [0.1, 0.15) is 4.70 Å². The van der Waals surface area contributed by atoms with Crippen LogP contribution in [0.5, 0.6) is 0 Å². The van der Waals surface area contributed by atoms with Gasteiger partial charge in [0.25, 0.3) is 5.01 Å². The van der Waals surface area contributed by atoms with Gasteiger partial charge in [-0.15, -0.1) is 0 Å². The minimum absolute atomic E-state index is 0.143. The Balaban J connectivity index is 1.57. The van der Waals surface area contributed by atoms with Crippen LogP contribution in [0.25, 0.3) is 27.4 Å². The predicted molar refractivity (Wildman–Crippen MR) is 158 cm³/mol. The average Bonchev–Trinajstić information content (AvgIpc) is 3.40. The number of hydrogen-bond acceptors (Lipinski definition) is 9. The molecule has 0 spiro atoms. The van der Waals surface area contributed by atoms with Gasteiger partial charge in [0.2, 0.25) is 5.52 Å². The molecule has 0 radical (unpaired) electrons. The zero-order valence-electron chi connectivity index (χ0n) is 21.0. The van der Waals surface area contributed by atoms with Gasteiger partial charge in [-0.1, -0.05) is 71.1 Å². The second-order valence-electron chi connectivity index (χ2n) is 9.22. The first kappa shape index (κ1) is 29.1. The molecule has 210 valence electrons. The van der Waals surface area contributed by atoms with E-state index in [2.05, 4.69) is 6.07 Å². The highest BCUT2D eigenvalue weighted by Gasteiger charge is 2.28. The minimum atomic E-state index is -4.36. The van der Waals surface area contributed by atoms with E-state index in [0.29, 0.717) is 18.1 Å². The number of aromatic nitrogens is 1. The van der Waals surface area contributed by atoms with Crippen LogP contribution in [0.4, 0.5) is 5.69 Å². The second-order valence-corrected chi connectivity index (χ2v) is 14.8. The van der Waals surface area contributed by atoms with Gasteiger partial charge in [0.05, 0.1) is 37.0 Å². The van der Waals surface area contributed by atoms with E-state index in [1.54, 1.807) is 12.1 Å². The molecule has 0 saturated heterocycles. The summed E-state index contributed by atoms with van der Waals surface area (Å²) in [6, 6.07) is 21.5. The summed E-state index contributed by atoms with van der Waals surface area (Å²) in [6.45, 7) is 0.613. The molecule has 0 fully saturated rings. The third-order valence-corrected chi connectivity index (χ3v) is 10.4. The lowest BCUT2D eigenvalue weighted by atomic mass is 10.1. The normalized spacial score (nSPS) is 14.8. The number of anilines is 1. The fraction of sp³-hybridized carbons (Fsp3) is 0.222. The number of nitrogens with zero attached hydrogens (tertiary/aromatic N) is 2. The Bertz CT molecular complexity index is 1810. The summed E-state index contributed by atoms with van der Waals surface area (Å²) in [5.74, 6) is -0.952. The van der Waals surface area contributed by atoms with Crippen molar-refractivity contribution in [3.05, 3.63) is 81.8 Å². The van der Waals surface area contributed by atoms with Crippen molar-refractivity contribution in [1.29, 1.82) is 0 Å². The van der Waals surface area contributed by atoms with Crippen molar-refractivity contribution in [2.24, 2.45) is 0 Å². The van der Waals surface area contributed by atoms with E-state index in [0.717, 1.165) is 42.0 Å². The van der Waals surface area contributed by atoms with Crippen molar-refractivity contribution in [2.75, 3.05) is 23.0 Å². The first-order chi connectivity index (χ1) is 19.0. The molecule has 40 heavy (non-hydrogen) atoms. The van der Waals surface area contributed by atoms with E-state index in [1.165, 1.54) is 23.1 Å². The first-order valence-electron chi connectivity index (χ1n) is 12.3. The molecule has 3 aromatic carbocycles. The van der Waals surface area contributed by atoms with Crippen molar-refractivity contribution in [2.45, 2.75) is 24.3 Å². The molecular weight excluding hydrogens is 612 g/mol. The molecule has 0 bridgehead atoms. The summed E-state index contributed by atoms with van der Waals surface area (Å²) in [7, 11) is -8.72. The Hall–Kier alpha value is -2.45. The predicted octanol–water partition coefficient (Wildman–Crippen LogP) is 5.29. The summed E-state index contributed by atoms with van der Waals surface area (Å²) >= 11 is 9.30. The highest BCUT2D eigenvalue weighted by Crippen LogP contribution is 2.48. The standard InChI is InChI=1S/C27H25ClN2O6S4/c28-21-9-11-25-23(17-21)30(13-5-15-40(34,35)36)27(38-25)18-26-29(12-4-14-39(31,32)33)22-16-20(8-10-24(22)37-26)19-6-2-1-3-7-19/h1-3,6-11,16-18H,4-5,12-15H2,(H-,31,32,33,34,35,36)/p-1. The van der Waals surface area contributed by atoms with Crippen LogP contribution in [0.1, 0.15) is 17.8 Å². The van der Waals surface area contributed by atoms with Crippen LogP contribution in [-0.4, -0.2) is 44.0 Å². The van der Waals surface area contributed by atoms with Crippen molar-refractivity contribution < 1.29 is 30.5 Å². The molecule has 8 nitrogen and oxygen atoms in total. The smallest absolute Gasteiger partial charge is 0.265 e. The molecule has 0 atom stereocenters. The molecule has 13 heteroatoms. The van der Waals surface area contributed by atoms with Gasteiger partial charge < -0.3 is 14.0 Å². The minimum Gasteiger partial charge on any atom is -0.748 e. The van der Waals surface area contributed by atoms with Crippen LogP contribution >= 0.6 is 34.7 Å². The van der Waals surface area contributed by atoms with Gasteiger partial charge in [-0.3, -0.25) is 0 Å². The molecule has 0 saturated carbocycles. The maximum atomic E-state index is 11.3. The molecule has 5 rings (SSSR count). The van der Waals surface area contributed by atoms with Crippen molar-refractivity contribution >= 4 is 76.9 Å². The number of hydrogen-bond donors (Lipinski definition) is 0. The highest BCUT2D eigenvalue weighted by molar-refractivity contribution is 8.04. The number of thioether (sulfide) groups is 1. The van der Waals surface area contributed by atoms with Crippen molar-refractivity contribution in [3.8, 4) is 11.1 Å². The summed E-state index contributed by atoms with van der Waals surface area (Å²) in [4.78, 5) is 2.89. The molecular formula is C27H24ClN2O6S4-. The van der Waals surface area contributed by atoms with Crippen LogP contribution in [0.2, 0.25) is 5.02 Å². The van der Waals surface area contributed by atoms with Gasteiger partial charge in [-0.05, 0) is 41.8 Å². The lowest BCUT2D eigenvalue weighted by Crippen LogP contribution is -2.36. The van der Waals surface area contributed by atoms with E-state index < -0.39 is 31.7 Å². The van der Waals surface area contributed by atoms with E-state index in [9.17, 15) is 25.9 Å². The van der Waals surface area contributed by atoms with E-state index >= 15 is 0 Å². The molecule has 1 aromatic heterocycles. The van der Waals surface area contributed by atoms with Gasteiger partial charge in [-0.25, -0.2) is 16.8 Å². The van der Waals surface area contributed by atoms with Crippen LogP contribution < -0.4 is 9.47 Å². The molecule has 2 heterocycles. The van der Waals surface area contributed by atoms with Gasteiger partial charge in [0, 0.05) is 40.5 Å². The highest BCUT2D eigenvalue weighted by atomic mass is 35.5. The molecule has 0 aliphatic carbocycles. The van der Waals surface area contributed by atoms with Crippen LogP contribution in [0.3, 0.4) is 0 Å². The SMILES string of the molecule is O=S(=O)([O-])CCCN1/C(=C/c2sc3ccc(-c4ccccc4)cc3[n+]2CCCS(=O)(=O)[O-])Sc2ccc(Cl)cc21. The number of thiazole rings is 1. The summed E-state index contributed by atoms with van der Waals surface area (Å²) in [5, 5.41) is 2.19. The van der Waals surface area contributed by atoms with Crippen molar-refractivity contribution in [1.82, 2.24) is 0 Å². The number of halogens is 1. The fourth-order valence-corrected chi connectivity index (χ4v) is 7.98. The Kier molecular flexibility index (Phi) is 8.58. The second kappa shape index (κ2) is 11.8. The lowest BCUT2D eigenvalue weighted by Gasteiger charge is -2.20. The number of benzene rings is 3. The monoisotopic (exact) mass is 635 g/mol. The largest absolute Gasteiger partial charge is 0.748 e. The van der Waals surface area contributed by atoms with E-state index in [4.69, 9.17) is 11.6 Å². The summed E-state index contributed by atoms with van der Waals surface area (Å²) < 4.78 is 70.7. The van der Waals surface area contributed by atoms with Crippen LogP contribution in [0, 0.1) is 0 Å². The fourth-order valence-electron chi connectivity index (χ4n) is 4.57. The summed E-state index contributed by atoms with van der Waals surface area (Å²) in [6.07, 6.45) is 2.27. The first-order valence-corrected chi connectivity index (χ1v) is 17.5. The number of rotatable bonds is 10. The zero-order chi connectivity index (χ0) is 28.5. The number of aryl methyl sites for hydroxylation is 1. The van der Waals surface area contributed by atoms with Crippen molar-refractivity contribution in [3.63, 3.8) is 0 Å². The molecule has 1 aliphatic heterocycles. The van der Waals surface area contributed by atoms with Gasteiger partial charge >= 0.3 is 0 Å². The Morgan fingerprint density at radius 2 is 1.60 bits per heavy atom. The average molecular weight is 636 g/mol. The molecule has 0 unspecified atom stereocenters. The van der Waals surface area contributed by atoms with Crippen LogP contribution in [-0.2, 0) is 26.8 Å². The molecule has 1 aliphatic rings. The zero-order valence-corrected chi connectivity index (χ0v) is 25.0. The van der Waals surface area contributed by atoms with Gasteiger partial charge in [0.15, 0.2) is 6.54 Å². The Labute approximate surface area is 246 Å².